The number of hydrogen-bond acceptors (Lipinski definition) is 2. The van der Waals surface area contributed by atoms with Gasteiger partial charge in [-0.3, -0.25) is 0 Å². The SMILES string of the molecule is CC1(c2ccccc2)CN(C2C3CC4CC2CC(O)(C4)C3)C(=O)N1. The number of carbonyl (C=O) groups excluding carboxylic acids is 1. The number of carbonyl (C=O) groups is 1. The Balaban J connectivity index is 1.43. The Labute approximate surface area is 143 Å². The molecule has 5 fully saturated rings. The molecule has 24 heavy (non-hydrogen) atoms. The minimum absolute atomic E-state index is 0.0748. The molecule has 1 aromatic rings. The maximum absolute atomic E-state index is 12.8. The molecule has 0 spiro atoms. The lowest BCUT2D eigenvalue weighted by Crippen LogP contribution is -2.62. The van der Waals surface area contributed by atoms with E-state index in [4.69, 9.17) is 0 Å². The van der Waals surface area contributed by atoms with E-state index in [-0.39, 0.29) is 11.6 Å². The Hall–Kier alpha value is -1.55. The summed E-state index contributed by atoms with van der Waals surface area (Å²) >= 11 is 0. The fourth-order valence-corrected chi connectivity index (χ4v) is 6.43. The number of aliphatic hydroxyl groups is 1. The van der Waals surface area contributed by atoms with Gasteiger partial charge in [-0.1, -0.05) is 30.3 Å². The summed E-state index contributed by atoms with van der Waals surface area (Å²) in [6.45, 7) is 2.86. The molecule has 4 bridgehead atoms. The normalized spacial score (nSPS) is 46.4. The molecule has 0 aromatic heterocycles. The number of amides is 2. The van der Waals surface area contributed by atoms with Gasteiger partial charge >= 0.3 is 6.03 Å². The first-order chi connectivity index (χ1) is 11.5. The van der Waals surface area contributed by atoms with Gasteiger partial charge in [0.05, 0.1) is 11.1 Å². The second-order valence-electron chi connectivity index (χ2n) is 8.94. The molecule has 1 aliphatic heterocycles. The minimum Gasteiger partial charge on any atom is -0.390 e. The summed E-state index contributed by atoms with van der Waals surface area (Å²) in [5, 5.41) is 14.0. The van der Waals surface area contributed by atoms with Crippen LogP contribution in [0.5, 0.6) is 0 Å². The largest absolute Gasteiger partial charge is 0.390 e. The first-order valence-corrected chi connectivity index (χ1v) is 9.33. The first-order valence-electron chi connectivity index (χ1n) is 9.33. The van der Waals surface area contributed by atoms with Gasteiger partial charge in [0, 0.05) is 12.6 Å². The van der Waals surface area contributed by atoms with Crippen molar-refractivity contribution in [3.8, 4) is 0 Å². The van der Waals surface area contributed by atoms with Crippen molar-refractivity contribution in [1.29, 1.82) is 0 Å². The zero-order chi connectivity index (χ0) is 16.5. The molecule has 2 N–H and O–H groups in total. The van der Waals surface area contributed by atoms with E-state index in [9.17, 15) is 9.90 Å². The summed E-state index contributed by atoms with van der Waals surface area (Å²) < 4.78 is 0. The number of hydrogen-bond donors (Lipinski definition) is 2. The van der Waals surface area contributed by atoms with E-state index in [1.54, 1.807) is 0 Å². The highest BCUT2D eigenvalue weighted by molar-refractivity contribution is 5.78. The van der Waals surface area contributed by atoms with Crippen LogP contribution in [-0.4, -0.2) is 34.2 Å². The van der Waals surface area contributed by atoms with Crippen molar-refractivity contribution in [2.24, 2.45) is 17.8 Å². The van der Waals surface area contributed by atoms with Crippen LogP contribution in [0, 0.1) is 17.8 Å². The average molecular weight is 326 g/mol. The van der Waals surface area contributed by atoms with Crippen molar-refractivity contribution in [2.45, 2.75) is 56.2 Å². The Morgan fingerprint density at radius 3 is 2.42 bits per heavy atom. The highest BCUT2D eigenvalue weighted by Gasteiger charge is 2.58. The maximum atomic E-state index is 12.8. The van der Waals surface area contributed by atoms with Gasteiger partial charge in [-0.25, -0.2) is 4.79 Å². The van der Waals surface area contributed by atoms with E-state index in [0.717, 1.165) is 25.8 Å². The van der Waals surface area contributed by atoms with Crippen molar-refractivity contribution in [2.75, 3.05) is 6.54 Å². The Morgan fingerprint density at radius 2 is 1.79 bits per heavy atom. The lowest BCUT2D eigenvalue weighted by molar-refractivity contribution is -0.152. The molecular weight excluding hydrogens is 300 g/mol. The van der Waals surface area contributed by atoms with Crippen molar-refractivity contribution in [1.82, 2.24) is 10.2 Å². The number of nitrogens with zero attached hydrogens (tertiary/aromatic N) is 1. The summed E-state index contributed by atoms with van der Waals surface area (Å²) in [5.41, 5.74) is 0.416. The van der Waals surface area contributed by atoms with Gasteiger partial charge in [-0.15, -0.1) is 0 Å². The molecule has 6 rings (SSSR count). The average Bonchev–Trinajstić information content (AvgIpc) is 2.82. The molecule has 2 amide bonds. The lowest BCUT2D eigenvalue weighted by Gasteiger charge is -2.59. The summed E-state index contributed by atoms with van der Waals surface area (Å²) in [6.07, 6.45) is 5.14. The highest BCUT2D eigenvalue weighted by atomic mass is 16.3. The fraction of sp³-hybridized carbons (Fsp3) is 0.650. The van der Waals surface area contributed by atoms with Gasteiger partial charge in [0.15, 0.2) is 0 Å². The molecule has 3 unspecified atom stereocenters. The van der Waals surface area contributed by atoms with Crippen LogP contribution in [0.1, 0.15) is 44.6 Å². The van der Waals surface area contributed by atoms with Gasteiger partial charge in [0.25, 0.3) is 0 Å². The van der Waals surface area contributed by atoms with Crippen molar-refractivity contribution >= 4 is 6.03 Å². The van der Waals surface area contributed by atoms with E-state index in [2.05, 4.69) is 29.3 Å². The minimum atomic E-state index is -0.439. The number of nitrogens with one attached hydrogen (secondary N) is 1. The molecule has 3 atom stereocenters. The van der Waals surface area contributed by atoms with Crippen LogP contribution < -0.4 is 5.32 Å². The third-order valence-corrected chi connectivity index (χ3v) is 7.09. The highest BCUT2D eigenvalue weighted by Crippen LogP contribution is 2.57. The van der Waals surface area contributed by atoms with Crippen LogP contribution in [0.25, 0.3) is 0 Å². The third-order valence-electron chi connectivity index (χ3n) is 7.09. The zero-order valence-electron chi connectivity index (χ0n) is 14.2. The predicted octanol–water partition coefficient (Wildman–Crippen LogP) is 2.87. The van der Waals surface area contributed by atoms with Crippen LogP contribution in [0.15, 0.2) is 30.3 Å². The molecule has 4 heteroatoms. The fourth-order valence-electron chi connectivity index (χ4n) is 6.43. The zero-order valence-corrected chi connectivity index (χ0v) is 14.2. The summed E-state index contributed by atoms with van der Waals surface area (Å²) in [4.78, 5) is 14.9. The molecule has 1 aromatic carbocycles. The van der Waals surface area contributed by atoms with E-state index in [1.165, 1.54) is 18.4 Å². The molecular formula is C20H26N2O2. The van der Waals surface area contributed by atoms with Gasteiger partial charge in [-0.05, 0) is 62.3 Å². The molecule has 4 nitrogen and oxygen atoms in total. The Morgan fingerprint density at radius 1 is 1.12 bits per heavy atom. The van der Waals surface area contributed by atoms with Crippen LogP contribution in [-0.2, 0) is 5.54 Å². The van der Waals surface area contributed by atoms with Crippen LogP contribution >= 0.6 is 0 Å². The molecule has 128 valence electrons. The van der Waals surface area contributed by atoms with Gasteiger partial charge in [0.1, 0.15) is 0 Å². The van der Waals surface area contributed by atoms with E-state index in [0.29, 0.717) is 23.8 Å². The van der Waals surface area contributed by atoms with Crippen molar-refractivity contribution in [3.05, 3.63) is 35.9 Å². The standard InChI is InChI=1S/C20H26N2O2/c1-19(16-5-3-2-4-6-16)12-22(18(23)21-19)17-14-7-13-8-15(17)11-20(24,9-13)10-14/h2-6,13-15,17,24H,7-12H2,1H3,(H,21,23). The van der Waals surface area contributed by atoms with Crippen molar-refractivity contribution in [3.63, 3.8) is 0 Å². The molecule has 1 saturated heterocycles. The summed E-state index contributed by atoms with van der Waals surface area (Å²) in [7, 11) is 0. The first kappa shape index (κ1) is 14.8. The molecule has 1 heterocycles. The van der Waals surface area contributed by atoms with Crippen molar-refractivity contribution < 1.29 is 9.90 Å². The Kier molecular flexibility index (Phi) is 2.92. The lowest BCUT2D eigenvalue weighted by atomic mass is 9.52. The van der Waals surface area contributed by atoms with Crippen LogP contribution in [0.3, 0.4) is 0 Å². The molecule has 5 aliphatic rings. The van der Waals surface area contributed by atoms with Crippen LogP contribution in [0.2, 0.25) is 0 Å². The van der Waals surface area contributed by atoms with Gasteiger partial charge in [-0.2, -0.15) is 0 Å². The molecule has 0 radical (unpaired) electrons. The number of urea groups is 1. The van der Waals surface area contributed by atoms with Gasteiger partial charge in [0.2, 0.25) is 0 Å². The number of rotatable bonds is 2. The second kappa shape index (κ2) is 4.75. The number of benzene rings is 1. The topological polar surface area (TPSA) is 52.6 Å². The molecule has 4 aliphatic carbocycles. The third kappa shape index (κ3) is 2.05. The smallest absolute Gasteiger partial charge is 0.318 e. The summed E-state index contributed by atoms with van der Waals surface area (Å²) in [5.74, 6) is 1.63. The van der Waals surface area contributed by atoms with Crippen LogP contribution in [0.4, 0.5) is 4.79 Å². The summed E-state index contributed by atoms with van der Waals surface area (Å²) in [6, 6.07) is 10.7. The second-order valence-corrected chi connectivity index (χ2v) is 8.94. The maximum Gasteiger partial charge on any atom is 0.318 e. The van der Waals surface area contributed by atoms with E-state index < -0.39 is 5.60 Å². The Bertz CT molecular complexity index is 659. The van der Waals surface area contributed by atoms with E-state index >= 15 is 0 Å². The quantitative estimate of drug-likeness (QED) is 0.878. The monoisotopic (exact) mass is 326 g/mol. The predicted molar refractivity (Wildman–Crippen MR) is 91.3 cm³/mol. The van der Waals surface area contributed by atoms with Gasteiger partial charge < -0.3 is 15.3 Å². The molecule has 4 saturated carbocycles. The van der Waals surface area contributed by atoms with E-state index in [1.807, 2.05) is 18.2 Å².